The molecule has 0 radical (unpaired) electrons. The first-order valence-corrected chi connectivity index (χ1v) is 9.22. The highest BCUT2D eigenvalue weighted by Crippen LogP contribution is 2.33. The van der Waals surface area contributed by atoms with Gasteiger partial charge in [-0.15, -0.1) is 6.42 Å². The van der Waals surface area contributed by atoms with Gasteiger partial charge in [0.15, 0.2) is 16.3 Å². The molecule has 0 bridgehead atoms. The van der Waals surface area contributed by atoms with Crippen molar-refractivity contribution in [2.75, 3.05) is 14.2 Å². The Kier molecular flexibility index (Phi) is 5.45. The summed E-state index contributed by atoms with van der Waals surface area (Å²) >= 11 is 4.75. The lowest BCUT2D eigenvalue weighted by atomic mass is 10.2. The van der Waals surface area contributed by atoms with Gasteiger partial charge in [0, 0.05) is 16.6 Å². The van der Waals surface area contributed by atoms with Crippen LogP contribution in [0, 0.1) is 12.3 Å². The molecule has 0 atom stereocenters. The quantitative estimate of drug-likeness (QED) is 0.590. The number of amides is 1. The molecular formula is C19H15BrN2O3S. The molecule has 132 valence electrons. The van der Waals surface area contributed by atoms with Gasteiger partial charge in [-0.1, -0.05) is 29.4 Å². The maximum atomic E-state index is 12.6. The predicted molar refractivity (Wildman–Crippen MR) is 106 cm³/mol. The number of ether oxygens (including phenoxy) is 2. The summed E-state index contributed by atoms with van der Waals surface area (Å²) in [4.78, 5) is 17.4. The lowest BCUT2D eigenvalue weighted by Crippen LogP contribution is -2.16. The van der Waals surface area contributed by atoms with Crippen molar-refractivity contribution >= 4 is 43.4 Å². The summed E-state index contributed by atoms with van der Waals surface area (Å²) < 4.78 is 14.1. The minimum Gasteiger partial charge on any atom is -0.493 e. The SMILES string of the molecule is C#CCn1c(=NC(=O)c2ccccc2Br)sc2cc(OC)c(OC)cc21. The Labute approximate surface area is 163 Å². The van der Waals surface area contributed by atoms with Gasteiger partial charge in [-0.05, 0) is 28.1 Å². The molecular weight excluding hydrogens is 416 g/mol. The van der Waals surface area contributed by atoms with Gasteiger partial charge >= 0.3 is 0 Å². The highest BCUT2D eigenvalue weighted by Gasteiger charge is 2.14. The first kappa shape index (κ1) is 18.2. The van der Waals surface area contributed by atoms with Crippen molar-refractivity contribution in [2.45, 2.75) is 6.54 Å². The summed E-state index contributed by atoms with van der Waals surface area (Å²) in [5.41, 5.74) is 1.33. The molecule has 0 fully saturated rings. The molecule has 3 aromatic rings. The summed E-state index contributed by atoms with van der Waals surface area (Å²) in [5, 5.41) is 0. The van der Waals surface area contributed by atoms with Gasteiger partial charge in [-0.2, -0.15) is 4.99 Å². The molecule has 0 aliphatic rings. The molecule has 0 saturated carbocycles. The minimum atomic E-state index is -0.339. The molecule has 1 heterocycles. The van der Waals surface area contributed by atoms with E-state index in [1.807, 2.05) is 22.8 Å². The van der Waals surface area contributed by atoms with Crippen molar-refractivity contribution < 1.29 is 14.3 Å². The van der Waals surface area contributed by atoms with Crippen molar-refractivity contribution in [3.63, 3.8) is 0 Å². The molecule has 0 saturated heterocycles. The van der Waals surface area contributed by atoms with Crippen LogP contribution < -0.4 is 14.3 Å². The van der Waals surface area contributed by atoms with Crippen LogP contribution >= 0.6 is 27.3 Å². The fourth-order valence-electron chi connectivity index (χ4n) is 2.51. The summed E-state index contributed by atoms with van der Waals surface area (Å²) in [6.07, 6.45) is 5.52. The normalized spacial score (nSPS) is 11.4. The smallest absolute Gasteiger partial charge is 0.280 e. The molecule has 1 aromatic heterocycles. The Hall–Kier alpha value is -2.56. The highest BCUT2D eigenvalue weighted by atomic mass is 79.9. The fraction of sp³-hybridized carbons (Fsp3) is 0.158. The molecule has 0 aliphatic heterocycles. The number of methoxy groups -OCH3 is 2. The third kappa shape index (κ3) is 3.39. The van der Waals surface area contributed by atoms with E-state index in [-0.39, 0.29) is 12.5 Å². The van der Waals surface area contributed by atoms with Crippen LogP contribution in [0.5, 0.6) is 11.5 Å². The molecule has 0 aliphatic carbocycles. The van der Waals surface area contributed by atoms with Crippen LogP contribution in [0.2, 0.25) is 0 Å². The molecule has 5 nitrogen and oxygen atoms in total. The number of carbonyl (C=O) groups is 1. The van der Waals surface area contributed by atoms with E-state index in [0.717, 1.165) is 10.2 Å². The first-order valence-electron chi connectivity index (χ1n) is 7.61. The highest BCUT2D eigenvalue weighted by molar-refractivity contribution is 9.10. The van der Waals surface area contributed by atoms with Gasteiger partial charge in [0.25, 0.3) is 5.91 Å². The number of fused-ring (bicyclic) bond motifs is 1. The van der Waals surface area contributed by atoms with Gasteiger partial charge in [0.05, 0.1) is 36.5 Å². The molecule has 26 heavy (non-hydrogen) atoms. The molecule has 7 heteroatoms. The topological polar surface area (TPSA) is 52.8 Å². The Morgan fingerprint density at radius 2 is 1.96 bits per heavy atom. The summed E-state index contributed by atoms with van der Waals surface area (Å²) in [6, 6.07) is 10.9. The van der Waals surface area contributed by atoms with Gasteiger partial charge < -0.3 is 14.0 Å². The largest absolute Gasteiger partial charge is 0.493 e. The zero-order chi connectivity index (χ0) is 18.7. The van der Waals surface area contributed by atoms with Crippen LogP contribution in [0.1, 0.15) is 10.4 Å². The number of thiazole rings is 1. The fourth-order valence-corrected chi connectivity index (χ4v) is 4.00. The Morgan fingerprint density at radius 1 is 1.27 bits per heavy atom. The average Bonchev–Trinajstić information content (AvgIpc) is 2.97. The number of rotatable bonds is 4. The van der Waals surface area contributed by atoms with Crippen molar-refractivity contribution in [3.8, 4) is 23.8 Å². The number of aromatic nitrogens is 1. The van der Waals surface area contributed by atoms with Crippen molar-refractivity contribution in [2.24, 2.45) is 4.99 Å². The Balaban J connectivity index is 2.22. The van der Waals surface area contributed by atoms with Crippen LogP contribution in [0.3, 0.4) is 0 Å². The number of carbonyl (C=O) groups excluding carboxylic acids is 1. The van der Waals surface area contributed by atoms with E-state index in [9.17, 15) is 4.79 Å². The van der Waals surface area contributed by atoms with Crippen LogP contribution in [0.4, 0.5) is 0 Å². The lowest BCUT2D eigenvalue weighted by Gasteiger charge is -2.08. The maximum Gasteiger partial charge on any atom is 0.280 e. The lowest BCUT2D eigenvalue weighted by molar-refractivity contribution is 0.0997. The summed E-state index contributed by atoms with van der Waals surface area (Å²) in [6.45, 7) is 0.289. The van der Waals surface area contributed by atoms with Crippen LogP contribution in [0.25, 0.3) is 10.2 Å². The van der Waals surface area contributed by atoms with E-state index >= 15 is 0 Å². The maximum absolute atomic E-state index is 12.6. The van der Waals surface area contributed by atoms with Gasteiger partial charge in [-0.3, -0.25) is 4.79 Å². The molecule has 0 N–H and O–H groups in total. The van der Waals surface area contributed by atoms with E-state index in [4.69, 9.17) is 15.9 Å². The van der Waals surface area contributed by atoms with Crippen LogP contribution in [-0.4, -0.2) is 24.7 Å². The van der Waals surface area contributed by atoms with E-state index in [2.05, 4.69) is 26.8 Å². The Bertz CT molecular complexity index is 1090. The number of terminal acetylenes is 1. The zero-order valence-corrected chi connectivity index (χ0v) is 16.6. The number of nitrogens with zero attached hydrogens (tertiary/aromatic N) is 2. The van der Waals surface area contributed by atoms with Crippen molar-refractivity contribution in [3.05, 3.63) is 51.2 Å². The average molecular weight is 431 g/mol. The molecule has 3 rings (SSSR count). The van der Waals surface area contributed by atoms with Crippen LogP contribution in [-0.2, 0) is 6.54 Å². The van der Waals surface area contributed by atoms with Crippen molar-refractivity contribution in [1.82, 2.24) is 4.57 Å². The minimum absolute atomic E-state index is 0.289. The zero-order valence-electron chi connectivity index (χ0n) is 14.2. The predicted octanol–water partition coefficient (Wildman–Crippen LogP) is 3.86. The van der Waals surface area contributed by atoms with Gasteiger partial charge in [-0.25, -0.2) is 0 Å². The number of hydrogen-bond donors (Lipinski definition) is 0. The summed E-state index contributed by atoms with van der Waals surface area (Å²) in [7, 11) is 3.15. The Morgan fingerprint density at radius 3 is 2.62 bits per heavy atom. The van der Waals surface area contributed by atoms with E-state index in [1.54, 1.807) is 32.4 Å². The molecule has 2 aromatic carbocycles. The number of hydrogen-bond acceptors (Lipinski definition) is 4. The monoisotopic (exact) mass is 430 g/mol. The summed E-state index contributed by atoms with van der Waals surface area (Å²) in [5.74, 6) is 3.47. The van der Waals surface area contributed by atoms with E-state index < -0.39 is 0 Å². The number of halogens is 1. The second-order valence-corrected chi connectivity index (χ2v) is 7.11. The van der Waals surface area contributed by atoms with Crippen molar-refractivity contribution in [1.29, 1.82) is 0 Å². The van der Waals surface area contributed by atoms with E-state index in [1.165, 1.54) is 11.3 Å². The third-order valence-corrected chi connectivity index (χ3v) is 5.47. The standard InChI is InChI=1S/C19H15BrN2O3S/c1-4-9-22-14-10-15(24-2)16(25-3)11-17(14)26-19(22)21-18(23)12-7-5-6-8-13(12)20/h1,5-8,10-11H,9H2,2-3H3. The molecule has 0 unspecified atom stereocenters. The molecule has 1 amide bonds. The van der Waals surface area contributed by atoms with E-state index in [0.29, 0.717) is 26.3 Å². The second kappa shape index (κ2) is 7.77. The number of benzene rings is 2. The third-order valence-electron chi connectivity index (χ3n) is 3.74. The van der Waals surface area contributed by atoms with Gasteiger partial charge in [0.2, 0.25) is 0 Å². The van der Waals surface area contributed by atoms with Gasteiger partial charge in [0.1, 0.15) is 0 Å². The van der Waals surface area contributed by atoms with Crippen LogP contribution in [0.15, 0.2) is 45.9 Å². The second-order valence-electron chi connectivity index (χ2n) is 5.25. The molecule has 0 spiro atoms. The first-order chi connectivity index (χ1) is 12.6.